The second-order valence-electron chi connectivity index (χ2n) is 4.27. The zero-order valence-corrected chi connectivity index (χ0v) is 12.4. The Kier molecular flexibility index (Phi) is 6.12. The number of halogens is 1. The summed E-state index contributed by atoms with van der Waals surface area (Å²) < 4.78 is 22.8. The van der Waals surface area contributed by atoms with Crippen LogP contribution in [0.1, 0.15) is 31.4 Å². The van der Waals surface area contributed by atoms with Gasteiger partial charge in [0.1, 0.15) is 9.84 Å². The smallest absolute Gasteiger partial charge is 0.150 e. The lowest BCUT2D eigenvalue weighted by Crippen LogP contribution is -2.18. The minimum atomic E-state index is -2.86. The summed E-state index contributed by atoms with van der Waals surface area (Å²) in [6.45, 7) is 1.68. The molecule has 0 aliphatic rings. The molecule has 1 aromatic carbocycles. The third-order valence-electron chi connectivity index (χ3n) is 3.01. The molecule has 1 rings (SSSR count). The second-order valence-corrected chi connectivity index (χ2v) is 7.18. The minimum Gasteiger partial charge on any atom is -0.313 e. The van der Waals surface area contributed by atoms with E-state index in [0.717, 1.165) is 12.0 Å². The molecule has 0 aliphatic heterocycles. The van der Waals surface area contributed by atoms with Crippen molar-refractivity contribution in [3.63, 3.8) is 0 Å². The number of nitrogens with one attached hydrogen (secondary N) is 1. The van der Waals surface area contributed by atoms with E-state index in [2.05, 4.69) is 5.32 Å². The molecule has 0 amide bonds. The Bertz CT molecular complexity index is 456. The molecule has 0 bridgehead atoms. The van der Waals surface area contributed by atoms with Crippen molar-refractivity contribution in [3.05, 3.63) is 34.9 Å². The molecule has 0 aliphatic carbocycles. The monoisotopic (exact) mass is 289 g/mol. The van der Waals surface area contributed by atoms with Crippen molar-refractivity contribution < 1.29 is 8.42 Å². The molecule has 0 fully saturated rings. The van der Waals surface area contributed by atoms with E-state index in [0.29, 0.717) is 11.4 Å². The number of rotatable bonds is 7. The Morgan fingerprint density at radius 1 is 1.28 bits per heavy atom. The summed E-state index contributed by atoms with van der Waals surface area (Å²) >= 11 is 5.84. The Labute approximate surface area is 114 Å². The fourth-order valence-electron chi connectivity index (χ4n) is 1.82. The Hall–Kier alpha value is -0.580. The van der Waals surface area contributed by atoms with Crippen LogP contribution < -0.4 is 5.32 Å². The molecule has 1 atom stereocenters. The van der Waals surface area contributed by atoms with Gasteiger partial charge in [0.25, 0.3) is 0 Å². The minimum absolute atomic E-state index is 0.175. The summed E-state index contributed by atoms with van der Waals surface area (Å²) in [5.41, 5.74) is 1.13. The van der Waals surface area contributed by atoms with Crippen LogP contribution in [0.15, 0.2) is 24.3 Å². The van der Waals surface area contributed by atoms with E-state index in [9.17, 15) is 8.42 Å². The van der Waals surface area contributed by atoms with Crippen LogP contribution in [0.4, 0.5) is 0 Å². The van der Waals surface area contributed by atoms with Crippen molar-refractivity contribution in [2.45, 2.75) is 25.8 Å². The first-order valence-electron chi connectivity index (χ1n) is 6.11. The van der Waals surface area contributed by atoms with Gasteiger partial charge in [-0.2, -0.15) is 0 Å². The van der Waals surface area contributed by atoms with Crippen LogP contribution in [0.25, 0.3) is 0 Å². The van der Waals surface area contributed by atoms with Gasteiger partial charge in [-0.15, -0.1) is 0 Å². The normalized spacial score (nSPS) is 13.5. The lowest BCUT2D eigenvalue weighted by Gasteiger charge is -2.16. The van der Waals surface area contributed by atoms with Crippen molar-refractivity contribution in [2.75, 3.05) is 18.6 Å². The van der Waals surface area contributed by atoms with Gasteiger partial charge in [0.15, 0.2) is 0 Å². The first kappa shape index (κ1) is 15.5. The van der Waals surface area contributed by atoms with Gasteiger partial charge in [0, 0.05) is 16.8 Å². The van der Waals surface area contributed by atoms with Gasteiger partial charge in [-0.1, -0.05) is 30.7 Å². The van der Waals surface area contributed by atoms with E-state index >= 15 is 0 Å². The van der Waals surface area contributed by atoms with Gasteiger partial charge in [0.05, 0.1) is 5.75 Å². The van der Waals surface area contributed by atoms with Crippen LogP contribution in [0.5, 0.6) is 0 Å². The van der Waals surface area contributed by atoms with Crippen LogP contribution in [-0.4, -0.2) is 27.0 Å². The fourth-order valence-corrected chi connectivity index (χ4v) is 2.85. The van der Waals surface area contributed by atoms with Crippen molar-refractivity contribution in [1.82, 2.24) is 5.32 Å². The predicted molar refractivity (Wildman–Crippen MR) is 76.8 cm³/mol. The summed E-state index contributed by atoms with van der Waals surface area (Å²) in [5, 5.41) is 3.91. The summed E-state index contributed by atoms with van der Waals surface area (Å²) in [5.74, 6) is 0.480. The summed E-state index contributed by atoms with van der Waals surface area (Å²) in [7, 11) is -0.979. The molecule has 0 saturated heterocycles. The Morgan fingerprint density at radius 2 is 1.89 bits per heavy atom. The van der Waals surface area contributed by atoms with E-state index in [4.69, 9.17) is 11.6 Å². The molecular formula is C13H20ClNO2S. The lowest BCUT2D eigenvalue weighted by molar-refractivity contribution is 0.535. The van der Waals surface area contributed by atoms with Gasteiger partial charge >= 0.3 is 0 Å². The molecule has 0 radical (unpaired) electrons. The molecule has 1 unspecified atom stereocenters. The Balaban J connectivity index is 2.55. The number of benzene rings is 1. The summed E-state index contributed by atoms with van der Waals surface area (Å²) in [6.07, 6.45) is 1.47. The second kappa shape index (κ2) is 7.12. The molecule has 0 saturated carbocycles. The molecular weight excluding hydrogens is 270 g/mol. The molecule has 102 valence electrons. The largest absolute Gasteiger partial charge is 0.313 e. The molecule has 0 aromatic heterocycles. The molecule has 0 heterocycles. The first-order valence-corrected chi connectivity index (χ1v) is 8.31. The van der Waals surface area contributed by atoms with Crippen LogP contribution >= 0.6 is 11.6 Å². The quantitative estimate of drug-likeness (QED) is 0.839. The van der Waals surface area contributed by atoms with Gasteiger partial charge < -0.3 is 5.32 Å². The average Bonchev–Trinajstić information content (AvgIpc) is 2.36. The topological polar surface area (TPSA) is 46.2 Å². The zero-order chi connectivity index (χ0) is 13.6. The molecule has 3 nitrogen and oxygen atoms in total. The maximum Gasteiger partial charge on any atom is 0.150 e. The number of hydrogen-bond donors (Lipinski definition) is 1. The zero-order valence-electron chi connectivity index (χ0n) is 10.8. The van der Waals surface area contributed by atoms with Crippen molar-refractivity contribution >= 4 is 21.4 Å². The summed E-state index contributed by atoms with van der Waals surface area (Å²) in [6, 6.07) is 7.82. The van der Waals surface area contributed by atoms with Gasteiger partial charge in [0.2, 0.25) is 0 Å². The van der Waals surface area contributed by atoms with Crippen molar-refractivity contribution in [3.8, 4) is 0 Å². The predicted octanol–water partition coefficient (Wildman–Crippen LogP) is 2.82. The van der Waals surface area contributed by atoms with Crippen LogP contribution in [0.3, 0.4) is 0 Å². The maximum atomic E-state index is 11.4. The fraction of sp³-hybridized carbons (Fsp3) is 0.538. The molecule has 1 N–H and O–H groups in total. The van der Waals surface area contributed by atoms with Crippen LogP contribution in [-0.2, 0) is 9.84 Å². The van der Waals surface area contributed by atoms with Gasteiger partial charge in [-0.05, 0) is 37.6 Å². The molecule has 18 heavy (non-hydrogen) atoms. The third-order valence-corrected chi connectivity index (χ3v) is 5.05. The molecule has 1 aromatic rings. The van der Waals surface area contributed by atoms with E-state index in [1.54, 1.807) is 6.92 Å². The van der Waals surface area contributed by atoms with Crippen molar-refractivity contribution in [2.24, 2.45) is 0 Å². The highest BCUT2D eigenvalue weighted by Crippen LogP contribution is 2.20. The highest BCUT2D eigenvalue weighted by atomic mass is 35.5. The van der Waals surface area contributed by atoms with Crippen LogP contribution in [0.2, 0.25) is 5.02 Å². The van der Waals surface area contributed by atoms with Gasteiger partial charge in [-0.25, -0.2) is 8.42 Å². The lowest BCUT2D eigenvalue weighted by atomic mass is 10.0. The number of hydrogen-bond acceptors (Lipinski definition) is 3. The van der Waals surface area contributed by atoms with Gasteiger partial charge in [-0.3, -0.25) is 0 Å². The van der Waals surface area contributed by atoms with E-state index in [1.165, 1.54) is 0 Å². The third kappa shape index (κ3) is 4.96. The number of sulfone groups is 1. The highest BCUT2D eigenvalue weighted by molar-refractivity contribution is 7.91. The molecule has 5 heteroatoms. The summed E-state index contributed by atoms with van der Waals surface area (Å²) in [4.78, 5) is 0. The Morgan fingerprint density at radius 3 is 2.39 bits per heavy atom. The SMILES string of the molecule is CCS(=O)(=O)CCCC(NC)c1ccc(Cl)cc1. The van der Waals surface area contributed by atoms with E-state index < -0.39 is 9.84 Å². The first-order chi connectivity index (χ1) is 8.48. The average molecular weight is 290 g/mol. The highest BCUT2D eigenvalue weighted by Gasteiger charge is 2.12. The van der Waals surface area contributed by atoms with Crippen LogP contribution in [0, 0.1) is 0 Å². The molecule has 0 spiro atoms. The van der Waals surface area contributed by atoms with E-state index in [-0.39, 0.29) is 17.5 Å². The standard InChI is InChI=1S/C13H20ClNO2S/c1-3-18(16,17)10-4-5-13(15-2)11-6-8-12(14)9-7-11/h6-9,13,15H,3-5,10H2,1-2H3. The van der Waals surface area contributed by atoms with Crippen molar-refractivity contribution in [1.29, 1.82) is 0 Å². The maximum absolute atomic E-state index is 11.4. The van der Waals surface area contributed by atoms with E-state index in [1.807, 2.05) is 31.3 Å².